The molecule has 25 heavy (non-hydrogen) atoms. The zero-order valence-electron chi connectivity index (χ0n) is 13.7. The normalized spacial score (nSPS) is 18.9. The lowest BCUT2D eigenvalue weighted by Gasteiger charge is -2.30. The summed E-state index contributed by atoms with van der Waals surface area (Å²) in [5.41, 5.74) is 1.79. The van der Waals surface area contributed by atoms with Gasteiger partial charge in [-0.3, -0.25) is 4.79 Å². The Kier molecular flexibility index (Phi) is 5.48. The van der Waals surface area contributed by atoms with Gasteiger partial charge in [0.15, 0.2) is 0 Å². The number of carbonyl (C=O) groups is 1. The molecular formula is C17H19ClN2O3S2. The highest BCUT2D eigenvalue weighted by atomic mass is 35.5. The van der Waals surface area contributed by atoms with Crippen molar-refractivity contribution in [3.05, 3.63) is 46.3 Å². The van der Waals surface area contributed by atoms with Gasteiger partial charge in [0, 0.05) is 18.8 Å². The fourth-order valence-corrected chi connectivity index (χ4v) is 6.07. The van der Waals surface area contributed by atoms with E-state index in [1.165, 1.54) is 10.4 Å². The summed E-state index contributed by atoms with van der Waals surface area (Å²) >= 11 is 6.90. The molecule has 1 aromatic heterocycles. The van der Waals surface area contributed by atoms with Crippen LogP contribution in [-0.4, -0.2) is 31.7 Å². The maximum atomic E-state index is 12.7. The largest absolute Gasteiger partial charge is 0.326 e. The fourth-order valence-electron chi connectivity index (χ4n) is 2.91. The van der Waals surface area contributed by atoms with Gasteiger partial charge in [-0.2, -0.15) is 4.31 Å². The van der Waals surface area contributed by atoms with Crippen LogP contribution in [0.15, 0.2) is 40.6 Å². The molecule has 1 fully saturated rings. The first kappa shape index (κ1) is 18.4. The molecule has 1 amide bonds. The molecule has 0 radical (unpaired) electrons. The lowest BCUT2D eigenvalue weighted by Crippen LogP contribution is -2.43. The van der Waals surface area contributed by atoms with E-state index in [2.05, 4.69) is 5.32 Å². The summed E-state index contributed by atoms with van der Waals surface area (Å²) in [7, 11) is -3.60. The van der Waals surface area contributed by atoms with Crippen LogP contribution in [0, 0.1) is 12.8 Å². The van der Waals surface area contributed by atoms with E-state index < -0.39 is 10.0 Å². The van der Waals surface area contributed by atoms with Gasteiger partial charge in [0.05, 0.1) is 10.3 Å². The van der Waals surface area contributed by atoms with E-state index in [0.717, 1.165) is 22.6 Å². The molecule has 3 rings (SSSR count). The Balaban J connectivity index is 1.71. The van der Waals surface area contributed by atoms with Crippen LogP contribution >= 0.6 is 22.9 Å². The Morgan fingerprint density at radius 2 is 2.12 bits per heavy atom. The predicted octanol–water partition coefficient (Wildman–Crippen LogP) is 3.75. The van der Waals surface area contributed by atoms with Crippen LogP contribution in [0.4, 0.5) is 5.69 Å². The number of aryl methyl sites for hydroxylation is 1. The summed E-state index contributed by atoms with van der Waals surface area (Å²) < 4.78 is 27.5. The Hall–Kier alpha value is -1.41. The third-order valence-electron chi connectivity index (χ3n) is 4.18. The fraction of sp³-hybridized carbons (Fsp3) is 0.353. The minimum atomic E-state index is -3.60. The number of piperidine rings is 1. The van der Waals surface area contributed by atoms with Crippen molar-refractivity contribution in [2.75, 3.05) is 18.4 Å². The van der Waals surface area contributed by atoms with Crippen LogP contribution in [0.25, 0.3) is 0 Å². The van der Waals surface area contributed by atoms with Crippen LogP contribution in [0.2, 0.25) is 4.34 Å². The van der Waals surface area contributed by atoms with Crippen molar-refractivity contribution in [3.63, 3.8) is 0 Å². The van der Waals surface area contributed by atoms with Crippen molar-refractivity contribution in [2.24, 2.45) is 5.92 Å². The number of carbonyl (C=O) groups excluding carboxylic acids is 1. The highest BCUT2D eigenvalue weighted by molar-refractivity contribution is 7.91. The monoisotopic (exact) mass is 398 g/mol. The molecular weight excluding hydrogens is 380 g/mol. The minimum absolute atomic E-state index is 0.144. The molecule has 1 aliphatic heterocycles. The molecule has 2 heterocycles. The predicted molar refractivity (Wildman–Crippen MR) is 101 cm³/mol. The van der Waals surface area contributed by atoms with E-state index in [0.29, 0.717) is 23.7 Å². The topological polar surface area (TPSA) is 66.5 Å². The Morgan fingerprint density at radius 1 is 1.32 bits per heavy atom. The number of halogens is 1. The van der Waals surface area contributed by atoms with Gasteiger partial charge in [-0.15, -0.1) is 11.3 Å². The van der Waals surface area contributed by atoms with Crippen molar-refractivity contribution < 1.29 is 13.2 Å². The molecule has 0 spiro atoms. The molecule has 1 unspecified atom stereocenters. The van der Waals surface area contributed by atoms with Gasteiger partial charge >= 0.3 is 0 Å². The summed E-state index contributed by atoms with van der Waals surface area (Å²) in [4.78, 5) is 12.5. The first-order chi connectivity index (χ1) is 11.9. The zero-order valence-corrected chi connectivity index (χ0v) is 16.1. The molecule has 0 bridgehead atoms. The number of rotatable bonds is 4. The third kappa shape index (κ3) is 4.23. The first-order valence-corrected chi connectivity index (χ1v) is 10.6. The van der Waals surface area contributed by atoms with Gasteiger partial charge in [0.25, 0.3) is 10.0 Å². The maximum Gasteiger partial charge on any atom is 0.252 e. The Labute approximate surface area is 156 Å². The summed E-state index contributed by atoms with van der Waals surface area (Å²) in [5.74, 6) is -0.505. The number of hydrogen-bond acceptors (Lipinski definition) is 4. The molecule has 1 atom stereocenters. The lowest BCUT2D eigenvalue weighted by atomic mass is 9.98. The van der Waals surface area contributed by atoms with E-state index in [4.69, 9.17) is 11.6 Å². The molecule has 1 aromatic carbocycles. The number of sulfonamides is 1. The molecule has 1 N–H and O–H groups in total. The van der Waals surface area contributed by atoms with E-state index in [1.54, 1.807) is 6.07 Å². The average Bonchev–Trinajstić information content (AvgIpc) is 3.02. The van der Waals surface area contributed by atoms with Gasteiger partial charge in [0.1, 0.15) is 4.21 Å². The van der Waals surface area contributed by atoms with Gasteiger partial charge in [-0.05, 0) is 49.6 Å². The van der Waals surface area contributed by atoms with Crippen molar-refractivity contribution >= 4 is 44.6 Å². The second-order valence-electron chi connectivity index (χ2n) is 6.12. The van der Waals surface area contributed by atoms with E-state index in [9.17, 15) is 13.2 Å². The van der Waals surface area contributed by atoms with E-state index in [1.807, 2.05) is 31.2 Å². The SMILES string of the molecule is Cc1cccc(NC(=O)C2CCCN(S(=O)(=O)c3ccc(Cl)s3)C2)c1. The van der Waals surface area contributed by atoms with Crippen LogP contribution in [0.5, 0.6) is 0 Å². The lowest BCUT2D eigenvalue weighted by molar-refractivity contribution is -0.120. The van der Waals surface area contributed by atoms with Crippen LogP contribution in [0.1, 0.15) is 18.4 Å². The van der Waals surface area contributed by atoms with Gasteiger partial charge in [-0.25, -0.2) is 8.42 Å². The molecule has 5 nitrogen and oxygen atoms in total. The molecule has 0 aliphatic carbocycles. The van der Waals surface area contributed by atoms with E-state index >= 15 is 0 Å². The molecule has 1 aliphatic rings. The molecule has 134 valence electrons. The molecule has 8 heteroatoms. The van der Waals surface area contributed by atoms with Gasteiger partial charge in [0.2, 0.25) is 5.91 Å². The standard InChI is InChI=1S/C17H19ClN2O3S2/c1-12-4-2-6-14(10-12)19-17(21)13-5-3-9-20(11-13)25(22,23)16-8-7-15(18)24-16/h2,4,6-8,10,13H,3,5,9,11H2,1H3,(H,19,21). The molecule has 1 saturated heterocycles. The maximum absolute atomic E-state index is 12.7. The van der Waals surface area contributed by atoms with Crippen molar-refractivity contribution in [3.8, 4) is 0 Å². The van der Waals surface area contributed by atoms with Crippen molar-refractivity contribution in [2.45, 2.75) is 24.0 Å². The number of anilines is 1. The summed E-state index contributed by atoms with van der Waals surface area (Å²) in [6, 6.07) is 10.6. The van der Waals surface area contributed by atoms with Crippen LogP contribution < -0.4 is 5.32 Å². The summed E-state index contributed by atoms with van der Waals surface area (Å²) in [6.45, 7) is 2.57. The van der Waals surface area contributed by atoms with E-state index in [-0.39, 0.29) is 22.6 Å². The van der Waals surface area contributed by atoms with Gasteiger partial charge < -0.3 is 5.32 Å². The smallest absolute Gasteiger partial charge is 0.252 e. The number of amides is 1. The zero-order chi connectivity index (χ0) is 18.0. The number of nitrogens with zero attached hydrogens (tertiary/aromatic N) is 1. The number of benzene rings is 1. The number of hydrogen-bond donors (Lipinski definition) is 1. The van der Waals surface area contributed by atoms with Crippen LogP contribution in [0.3, 0.4) is 0 Å². The first-order valence-electron chi connectivity index (χ1n) is 7.99. The summed E-state index contributed by atoms with van der Waals surface area (Å²) in [6.07, 6.45) is 1.33. The highest BCUT2D eigenvalue weighted by Gasteiger charge is 2.34. The Morgan fingerprint density at radius 3 is 2.80 bits per heavy atom. The minimum Gasteiger partial charge on any atom is -0.326 e. The Bertz CT molecular complexity index is 880. The van der Waals surface area contributed by atoms with Crippen LogP contribution in [-0.2, 0) is 14.8 Å². The quantitative estimate of drug-likeness (QED) is 0.852. The van der Waals surface area contributed by atoms with Gasteiger partial charge in [-0.1, -0.05) is 23.7 Å². The van der Waals surface area contributed by atoms with Crippen molar-refractivity contribution in [1.29, 1.82) is 0 Å². The summed E-state index contributed by atoms with van der Waals surface area (Å²) in [5, 5.41) is 2.89. The second kappa shape index (κ2) is 7.45. The molecule has 0 saturated carbocycles. The number of nitrogens with one attached hydrogen (secondary N) is 1. The third-order valence-corrected chi connectivity index (χ3v) is 7.75. The second-order valence-corrected chi connectivity index (χ2v) is 10.00. The molecule has 2 aromatic rings. The number of thiophene rings is 1. The average molecular weight is 399 g/mol. The highest BCUT2D eigenvalue weighted by Crippen LogP contribution is 2.30. The van der Waals surface area contributed by atoms with Crippen molar-refractivity contribution in [1.82, 2.24) is 4.31 Å².